The molecule has 0 amide bonds. The number of nitrogens with zero attached hydrogens (tertiary/aromatic N) is 6. The molecule has 22 heavy (non-hydrogen) atoms. The molecule has 2 rings (SSSR count). The normalized spacial score (nSPS) is 11.4. The summed E-state index contributed by atoms with van der Waals surface area (Å²) in [5.74, 6) is -0.722. The lowest BCUT2D eigenvalue weighted by atomic mass is 10.1. The number of aliphatic imine (C=N–C) groups is 1. The van der Waals surface area contributed by atoms with E-state index in [1.165, 1.54) is 24.3 Å². The van der Waals surface area contributed by atoms with Crippen molar-refractivity contribution in [3.63, 3.8) is 0 Å². The van der Waals surface area contributed by atoms with Gasteiger partial charge in [0.05, 0.1) is 10.2 Å². The highest BCUT2D eigenvalue weighted by atomic mass is 16.6. The highest BCUT2D eigenvalue weighted by molar-refractivity contribution is 5.99. The lowest BCUT2D eigenvalue weighted by Gasteiger charge is -2.00. The summed E-state index contributed by atoms with van der Waals surface area (Å²) in [6.45, 7) is 1.68. The first-order valence-electron chi connectivity index (χ1n) is 6.20. The first-order valence-corrected chi connectivity index (χ1v) is 6.20. The highest BCUT2D eigenvalue weighted by Gasteiger charge is 2.15. The van der Waals surface area contributed by atoms with Gasteiger partial charge in [0.15, 0.2) is 5.78 Å². The predicted octanol–water partition coefficient (Wildman–Crippen LogP) is 0.631. The Balaban J connectivity index is 1.95. The zero-order valence-corrected chi connectivity index (χ0v) is 11.6. The summed E-state index contributed by atoms with van der Waals surface area (Å²) in [5, 5.41) is 29.9. The van der Waals surface area contributed by atoms with Gasteiger partial charge in [0.1, 0.15) is 18.8 Å². The van der Waals surface area contributed by atoms with Crippen LogP contribution in [-0.4, -0.2) is 48.3 Å². The van der Waals surface area contributed by atoms with Crippen molar-refractivity contribution in [2.45, 2.75) is 13.5 Å². The van der Waals surface area contributed by atoms with Crippen LogP contribution < -0.4 is 0 Å². The number of aromatic hydroxyl groups is 1. The fourth-order valence-electron chi connectivity index (χ4n) is 1.57. The summed E-state index contributed by atoms with van der Waals surface area (Å²) in [6, 6.07) is 5.85. The molecule has 0 radical (unpaired) electrons. The molecule has 0 bridgehead atoms. The van der Waals surface area contributed by atoms with Crippen LogP contribution in [0.2, 0.25) is 0 Å². The van der Waals surface area contributed by atoms with Crippen molar-refractivity contribution in [1.29, 1.82) is 0 Å². The SMILES string of the molecule is CC(Cn1nnc([N+](=O)[O-])n1)=NCC(=O)c1ccc(O)cc1. The minimum Gasteiger partial charge on any atom is -0.508 e. The number of nitro groups is 1. The number of aromatic nitrogens is 4. The summed E-state index contributed by atoms with van der Waals surface area (Å²) in [4.78, 5) is 26.7. The van der Waals surface area contributed by atoms with Crippen molar-refractivity contribution in [3.8, 4) is 5.75 Å². The first-order chi connectivity index (χ1) is 10.5. The number of carbonyl (C=O) groups excluding carboxylic acids is 1. The molecule has 0 spiro atoms. The fraction of sp³-hybridized carbons (Fsp3) is 0.250. The predicted molar refractivity (Wildman–Crippen MR) is 74.9 cm³/mol. The van der Waals surface area contributed by atoms with Gasteiger partial charge in [-0.2, -0.15) is 0 Å². The van der Waals surface area contributed by atoms with Crippen LogP contribution in [-0.2, 0) is 6.54 Å². The maximum atomic E-state index is 11.9. The smallest absolute Gasteiger partial charge is 0.508 e. The second kappa shape index (κ2) is 6.52. The molecule has 1 N–H and O–H groups in total. The maximum Gasteiger partial charge on any atom is 0.514 e. The Morgan fingerprint density at radius 3 is 2.68 bits per heavy atom. The zero-order chi connectivity index (χ0) is 16.1. The molecule has 0 saturated heterocycles. The lowest BCUT2D eigenvalue weighted by Crippen LogP contribution is -2.13. The first kappa shape index (κ1) is 15.2. The molecular formula is C12H12N6O4. The van der Waals surface area contributed by atoms with Crippen LogP contribution in [0.15, 0.2) is 29.3 Å². The van der Waals surface area contributed by atoms with Crippen molar-refractivity contribution >= 4 is 17.4 Å². The van der Waals surface area contributed by atoms with Crippen LogP contribution in [0, 0.1) is 10.1 Å². The number of tetrazole rings is 1. The largest absolute Gasteiger partial charge is 0.514 e. The lowest BCUT2D eigenvalue weighted by molar-refractivity contribution is -0.394. The Bertz CT molecular complexity index is 721. The van der Waals surface area contributed by atoms with E-state index in [0.717, 1.165) is 4.80 Å². The Labute approximate surface area is 124 Å². The molecule has 0 aliphatic heterocycles. The minimum absolute atomic E-state index is 0.0760. The van der Waals surface area contributed by atoms with E-state index in [1.807, 2.05) is 0 Å². The number of phenolic OH excluding ortho intramolecular Hbond substituents is 1. The second-order valence-electron chi connectivity index (χ2n) is 4.40. The van der Waals surface area contributed by atoms with Crippen LogP contribution >= 0.6 is 0 Å². The van der Waals surface area contributed by atoms with Gasteiger partial charge in [0.25, 0.3) is 0 Å². The molecule has 0 fully saturated rings. The van der Waals surface area contributed by atoms with Crippen LogP contribution in [0.5, 0.6) is 5.75 Å². The summed E-state index contributed by atoms with van der Waals surface area (Å²) >= 11 is 0. The molecule has 0 aliphatic carbocycles. The molecule has 0 unspecified atom stereocenters. The number of Topliss-reactive ketones (excluding diaryl/α,β-unsaturated/α-hetero) is 1. The molecule has 1 heterocycles. The Hall–Kier alpha value is -3.17. The average Bonchev–Trinajstić information content (AvgIpc) is 2.94. The third-order valence-electron chi connectivity index (χ3n) is 2.66. The van der Waals surface area contributed by atoms with Crippen molar-refractivity contribution < 1.29 is 14.8 Å². The molecular weight excluding hydrogens is 292 g/mol. The molecule has 1 aromatic heterocycles. The van der Waals surface area contributed by atoms with Gasteiger partial charge in [0, 0.05) is 16.5 Å². The number of ketones is 1. The van der Waals surface area contributed by atoms with Crippen LogP contribution in [0.1, 0.15) is 17.3 Å². The summed E-state index contributed by atoms with van der Waals surface area (Å²) < 4.78 is 0. The van der Waals surface area contributed by atoms with Gasteiger partial charge < -0.3 is 15.2 Å². The topological polar surface area (TPSA) is 136 Å². The van der Waals surface area contributed by atoms with Gasteiger partial charge in [-0.25, -0.2) is 0 Å². The summed E-state index contributed by atoms with van der Waals surface area (Å²) in [5.41, 5.74) is 0.961. The van der Waals surface area contributed by atoms with E-state index in [0.29, 0.717) is 11.3 Å². The minimum atomic E-state index is -0.746. The van der Waals surface area contributed by atoms with Gasteiger partial charge in [-0.1, -0.05) is 4.80 Å². The van der Waals surface area contributed by atoms with E-state index in [1.54, 1.807) is 6.92 Å². The van der Waals surface area contributed by atoms with E-state index in [4.69, 9.17) is 5.11 Å². The van der Waals surface area contributed by atoms with Gasteiger partial charge in [0.2, 0.25) is 0 Å². The van der Waals surface area contributed by atoms with E-state index >= 15 is 0 Å². The van der Waals surface area contributed by atoms with Crippen LogP contribution in [0.3, 0.4) is 0 Å². The standard InChI is InChI=1S/C12H12N6O4/c1-8(7-17-15-12(14-16-17)18(21)22)13-6-11(20)9-2-4-10(19)5-3-9/h2-5,19H,6-7H2,1H3. The third-order valence-corrected chi connectivity index (χ3v) is 2.66. The van der Waals surface area contributed by atoms with Gasteiger partial charge in [-0.05, 0) is 36.1 Å². The van der Waals surface area contributed by atoms with E-state index in [2.05, 4.69) is 20.4 Å². The molecule has 10 heteroatoms. The third kappa shape index (κ3) is 3.91. The highest BCUT2D eigenvalue weighted by Crippen LogP contribution is 2.10. The number of hydrogen-bond acceptors (Lipinski definition) is 8. The van der Waals surface area contributed by atoms with E-state index < -0.39 is 10.9 Å². The quantitative estimate of drug-likeness (QED) is 0.357. The van der Waals surface area contributed by atoms with Gasteiger partial charge in [-0.15, -0.1) is 0 Å². The van der Waals surface area contributed by atoms with Crippen molar-refractivity contribution in [3.05, 3.63) is 39.9 Å². The molecule has 10 nitrogen and oxygen atoms in total. The molecule has 1 aromatic carbocycles. The Morgan fingerprint density at radius 1 is 1.41 bits per heavy atom. The molecule has 0 atom stereocenters. The molecule has 0 saturated carbocycles. The summed E-state index contributed by atoms with van der Waals surface area (Å²) in [6.07, 6.45) is 0. The van der Waals surface area contributed by atoms with Crippen molar-refractivity contribution in [2.24, 2.45) is 4.99 Å². The number of carbonyl (C=O) groups is 1. The number of phenols is 1. The van der Waals surface area contributed by atoms with Crippen LogP contribution in [0.4, 0.5) is 5.95 Å². The van der Waals surface area contributed by atoms with Crippen LogP contribution in [0.25, 0.3) is 0 Å². The maximum absolute atomic E-state index is 11.9. The van der Waals surface area contributed by atoms with E-state index in [9.17, 15) is 14.9 Å². The summed E-state index contributed by atoms with van der Waals surface area (Å²) in [7, 11) is 0. The van der Waals surface area contributed by atoms with Gasteiger partial charge in [-0.3, -0.25) is 9.79 Å². The molecule has 0 aliphatic rings. The fourth-order valence-corrected chi connectivity index (χ4v) is 1.57. The monoisotopic (exact) mass is 304 g/mol. The Morgan fingerprint density at radius 2 is 2.09 bits per heavy atom. The number of benzene rings is 1. The van der Waals surface area contributed by atoms with Gasteiger partial charge >= 0.3 is 5.95 Å². The second-order valence-corrected chi connectivity index (χ2v) is 4.40. The van der Waals surface area contributed by atoms with Crippen molar-refractivity contribution in [2.75, 3.05) is 6.54 Å². The van der Waals surface area contributed by atoms with E-state index in [-0.39, 0.29) is 24.6 Å². The van der Waals surface area contributed by atoms with Crippen molar-refractivity contribution in [1.82, 2.24) is 20.2 Å². The Kier molecular flexibility index (Phi) is 4.51. The number of hydrogen-bond donors (Lipinski definition) is 1. The average molecular weight is 304 g/mol. The zero-order valence-electron chi connectivity index (χ0n) is 11.6. The number of rotatable bonds is 6. The molecule has 2 aromatic rings. The molecule has 114 valence electrons.